The number of pyridine rings is 1. The molecule has 0 N–H and O–H groups in total. The number of benzene rings is 2. The monoisotopic (exact) mass is 362 g/mol. The zero-order valence-corrected chi connectivity index (χ0v) is 15.6. The molecule has 1 aromatic heterocycles. The summed E-state index contributed by atoms with van der Waals surface area (Å²) >= 11 is 0. The van der Waals surface area contributed by atoms with Gasteiger partial charge in [-0.25, -0.2) is 0 Å². The lowest BCUT2D eigenvalue weighted by molar-refractivity contribution is 0.299. The van der Waals surface area contributed by atoms with E-state index in [-0.39, 0.29) is 5.78 Å². The molecule has 1 unspecified atom stereocenters. The van der Waals surface area contributed by atoms with Crippen LogP contribution < -0.4 is 10.6 Å². The van der Waals surface area contributed by atoms with E-state index in [9.17, 15) is 4.57 Å². The minimum absolute atomic E-state index is 0.0347. The number of hydrogen-bond acceptors (Lipinski definition) is 3. The zero-order valence-electron chi connectivity index (χ0n) is 14.7. The van der Waals surface area contributed by atoms with Crippen molar-refractivity contribution in [2.24, 2.45) is 0 Å². The first-order valence-corrected chi connectivity index (χ1v) is 10.9. The average molecular weight is 362 g/mol. The summed E-state index contributed by atoms with van der Waals surface area (Å²) in [6, 6.07) is 24.1. The molecule has 1 aliphatic heterocycles. The maximum atomic E-state index is 14.6. The van der Waals surface area contributed by atoms with Crippen molar-refractivity contribution >= 4 is 17.8 Å². The van der Waals surface area contributed by atoms with Gasteiger partial charge in [-0.3, -0.25) is 9.88 Å². The molecule has 2 heterocycles. The first kappa shape index (κ1) is 17.2. The Labute approximate surface area is 155 Å². The highest BCUT2D eigenvalue weighted by Gasteiger charge is 2.42. The molecular weight excluding hydrogens is 339 g/mol. The lowest BCUT2D eigenvalue weighted by atomic mass is 10.3. The summed E-state index contributed by atoms with van der Waals surface area (Å²) in [5, 5.41) is 1.91. The number of aromatic nitrogens is 1. The molecular formula is C22H23N2OP. The van der Waals surface area contributed by atoms with E-state index in [0.717, 1.165) is 36.5 Å². The highest BCUT2D eigenvalue weighted by Crippen LogP contribution is 2.53. The summed E-state index contributed by atoms with van der Waals surface area (Å²) in [6.45, 7) is 1.77. The lowest BCUT2D eigenvalue weighted by Crippen LogP contribution is -2.35. The fraction of sp³-hybridized carbons (Fsp3) is 0.227. The van der Waals surface area contributed by atoms with Gasteiger partial charge in [0.25, 0.3) is 0 Å². The van der Waals surface area contributed by atoms with E-state index in [4.69, 9.17) is 0 Å². The van der Waals surface area contributed by atoms with Crippen LogP contribution in [0.25, 0.3) is 0 Å². The van der Waals surface area contributed by atoms with Crippen molar-refractivity contribution in [3.63, 3.8) is 0 Å². The third-order valence-corrected chi connectivity index (χ3v) is 8.69. The Morgan fingerprint density at radius 2 is 1.58 bits per heavy atom. The van der Waals surface area contributed by atoms with Gasteiger partial charge in [0.1, 0.15) is 0 Å². The van der Waals surface area contributed by atoms with Crippen LogP contribution in [0.15, 0.2) is 85.2 Å². The van der Waals surface area contributed by atoms with Crippen LogP contribution in [0.5, 0.6) is 0 Å². The minimum atomic E-state index is -2.76. The van der Waals surface area contributed by atoms with Crippen LogP contribution >= 0.6 is 7.14 Å². The Bertz CT molecular complexity index is 840. The van der Waals surface area contributed by atoms with Gasteiger partial charge in [-0.15, -0.1) is 0 Å². The van der Waals surface area contributed by atoms with Gasteiger partial charge in [-0.2, -0.15) is 0 Å². The van der Waals surface area contributed by atoms with Crippen LogP contribution in [0.3, 0.4) is 0 Å². The van der Waals surface area contributed by atoms with E-state index in [2.05, 4.69) is 16.0 Å². The van der Waals surface area contributed by atoms with E-state index in [1.165, 1.54) is 5.56 Å². The normalized spacial score (nSPS) is 18.1. The summed E-state index contributed by atoms with van der Waals surface area (Å²) in [5.74, 6) is 0.0347. The van der Waals surface area contributed by atoms with Crippen LogP contribution in [0.2, 0.25) is 0 Å². The van der Waals surface area contributed by atoms with Crippen molar-refractivity contribution in [1.82, 2.24) is 9.88 Å². The molecule has 0 bridgehead atoms. The van der Waals surface area contributed by atoms with Gasteiger partial charge in [0, 0.05) is 29.5 Å². The molecule has 132 valence electrons. The SMILES string of the molecule is O=P(c1ccccc1)(c1ccccc1)C1CCCN1Cc1cccnc1. The van der Waals surface area contributed by atoms with Crippen LogP contribution in [0, 0.1) is 0 Å². The number of likely N-dealkylation sites (tertiary alicyclic amines) is 1. The zero-order chi connectivity index (χ0) is 17.8. The standard InChI is InChI=1S/C22H23N2OP/c25-26(20-10-3-1-4-11-20,21-12-5-2-6-13-21)22-14-8-16-24(22)18-19-9-7-15-23-17-19/h1-7,9-13,15,17,22H,8,14,16,18H2. The molecule has 4 heteroatoms. The molecule has 3 nitrogen and oxygen atoms in total. The van der Waals surface area contributed by atoms with Crippen molar-refractivity contribution in [2.75, 3.05) is 6.54 Å². The lowest BCUT2D eigenvalue weighted by Gasteiger charge is -2.32. The molecule has 0 amide bonds. The molecule has 26 heavy (non-hydrogen) atoms. The van der Waals surface area contributed by atoms with E-state index in [0.29, 0.717) is 0 Å². The third-order valence-electron chi connectivity index (χ3n) is 5.14. The summed E-state index contributed by atoms with van der Waals surface area (Å²) < 4.78 is 14.6. The molecule has 1 saturated heterocycles. The predicted octanol–water partition coefficient (Wildman–Crippen LogP) is 4.02. The fourth-order valence-electron chi connectivity index (χ4n) is 3.92. The molecule has 3 aromatic rings. The molecule has 1 aliphatic rings. The highest BCUT2D eigenvalue weighted by atomic mass is 31.2. The van der Waals surface area contributed by atoms with Gasteiger partial charge in [-0.1, -0.05) is 66.7 Å². The molecule has 0 saturated carbocycles. The van der Waals surface area contributed by atoms with Gasteiger partial charge >= 0.3 is 0 Å². The van der Waals surface area contributed by atoms with Gasteiger partial charge in [0.05, 0.1) is 5.78 Å². The molecule has 4 rings (SSSR count). The van der Waals surface area contributed by atoms with Crippen LogP contribution in [0.4, 0.5) is 0 Å². The number of hydrogen-bond donors (Lipinski definition) is 0. The average Bonchev–Trinajstić information content (AvgIpc) is 3.18. The van der Waals surface area contributed by atoms with Crippen molar-refractivity contribution < 1.29 is 4.57 Å². The second-order valence-corrected chi connectivity index (χ2v) is 9.73. The maximum Gasteiger partial charge on any atom is 0.159 e. The Kier molecular flexibility index (Phi) is 5.01. The molecule has 0 radical (unpaired) electrons. The van der Waals surface area contributed by atoms with E-state index in [1.54, 1.807) is 6.20 Å². The van der Waals surface area contributed by atoms with Gasteiger partial charge < -0.3 is 4.57 Å². The van der Waals surface area contributed by atoms with Gasteiger partial charge in [0.2, 0.25) is 0 Å². The largest absolute Gasteiger partial charge is 0.312 e. The topological polar surface area (TPSA) is 33.2 Å². The predicted molar refractivity (Wildman–Crippen MR) is 107 cm³/mol. The van der Waals surface area contributed by atoms with Crippen LogP contribution in [-0.4, -0.2) is 22.2 Å². The van der Waals surface area contributed by atoms with Crippen molar-refractivity contribution in [3.05, 3.63) is 90.8 Å². The first-order chi connectivity index (χ1) is 12.8. The van der Waals surface area contributed by atoms with Gasteiger partial charge in [-0.05, 0) is 31.0 Å². The summed E-state index contributed by atoms with van der Waals surface area (Å²) in [4.78, 5) is 6.62. The van der Waals surface area contributed by atoms with Crippen molar-refractivity contribution in [1.29, 1.82) is 0 Å². The van der Waals surface area contributed by atoms with Crippen molar-refractivity contribution in [3.8, 4) is 0 Å². The van der Waals surface area contributed by atoms with E-state index >= 15 is 0 Å². The Morgan fingerprint density at radius 3 is 2.15 bits per heavy atom. The molecule has 0 spiro atoms. The first-order valence-electron chi connectivity index (χ1n) is 9.12. The molecule has 1 fully saturated rings. The second kappa shape index (κ2) is 7.57. The Morgan fingerprint density at radius 1 is 0.923 bits per heavy atom. The minimum Gasteiger partial charge on any atom is -0.312 e. The number of rotatable bonds is 5. The smallest absolute Gasteiger partial charge is 0.159 e. The van der Waals surface area contributed by atoms with E-state index in [1.807, 2.05) is 72.9 Å². The summed E-state index contributed by atoms with van der Waals surface area (Å²) in [5.41, 5.74) is 1.17. The Hall–Kier alpha value is -2.22. The van der Waals surface area contributed by atoms with E-state index < -0.39 is 7.14 Å². The number of nitrogens with zero attached hydrogens (tertiary/aromatic N) is 2. The second-order valence-electron chi connectivity index (χ2n) is 6.78. The summed E-state index contributed by atoms with van der Waals surface area (Å²) in [6.07, 6.45) is 5.74. The van der Waals surface area contributed by atoms with Crippen LogP contribution in [0.1, 0.15) is 18.4 Å². The molecule has 1 atom stereocenters. The fourth-order valence-corrected chi connectivity index (χ4v) is 7.34. The summed E-state index contributed by atoms with van der Waals surface area (Å²) in [7, 11) is -2.76. The maximum absolute atomic E-state index is 14.6. The van der Waals surface area contributed by atoms with Crippen LogP contribution in [-0.2, 0) is 11.1 Å². The Balaban J connectivity index is 1.75. The molecule has 0 aliphatic carbocycles. The van der Waals surface area contributed by atoms with Crippen molar-refractivity contribution in [2.45, 2.75) is 25.2 Å². The third kappa shape index (κ3) is 3.25. The molecule has 2 aromatic carbocycles. The quantitative estimate of drug-likeness (QED) is 0.643. The highest BCUT2D eigenvalue weighted by molar-refractivity contribution is 7.79. The van der Waals surface area contributed by atoms with Gasteiger partial charge in [0.15, 0.2) is 7.14 Å².